The van der Waals surface area contributed by atoms with Crippen molar-refractivity contribution in [3.8, 4) is 5.75 Å². The lowest BCUT2D eigenvalue weighted by atomic mass is 10.1. The van der Waals surface area contributed by atoms with E-state index in [1.807, 2.05) is 31.2 Å². The minimum absolute atomic E-state index is 0.0812. The van der Waals surface area contributed by atoms with E-state index in [4.69, 9.17) is 4.74 Å². The fourth-order valence-corrected chi connectivity index (χ4v) is 5.34. The zero-order valence-electron chi connectivity index (χ0n) is 18.7. The highest BCUT2D eigenvalue weighted by molar-refractivity contribution is 7.17. The Hall–Kier alpha value is -3.90. The quantitative estimate of drug-likeness (QED) is 0.313. The maximum absolute atomic E-state index is 13.3. The highest BCUT2D eigenvalue weighted by atomic mass is 32.1. The normalized spacial score (nSPS) is 11.2. The number of rotatable bonds is 7. The number of nitrogens with zero attached hydrogens (tertiary/aromatic N) is 1. The van der Waals surface area contributed by atoms with Gasteiger partial charge >= 0.3 is 5.97 Å². The van der Waals surface area contributed by atoms with E-state index in [1.165, 1.54) is 15.6 Å². The Balaban J connectivity index is 1.30. The molecule has 0 amide bonds. The second-order valence-corrected chi connectivity index (χ2v) is 9.14. The molecule has 6 heteroatoms. The lowest BCUT2D eigenvalue weighted by Gasteiger charge is -2.10. The predicted octanol–water partition coefficient (Wildman–Crippen LogP) is 6.10. The van der Waals surface area contributed by atoms with Gasteiger partial charge in [-0.1, -0.05) is 30.3 Å². The van der Waals surface area contributed by atoms with Gasteiger partial charge in [0, 0.05) is 27.8 Å². The Labute approximate surface area is 200 Å². The van der Waals surface area contributed by atoms with Gasteiger partial charge in [0.15, 0.2) is 0 Å². The highest BCUT2D eigenvalue weighted by Gasteiger charge is 2.17. The fraction of sp³-hybridized carbons (Fsp3) is 0.143. The summed E-state index contributed by atoms with van der Waals surface area (Å²) in [6.45, 7) is 2.41. The van der Waals surface area contributed by atoms with Gasteiger partial charge in [-0.05, 0) is 71.3 Å². The van der Waals surface area contributed by atoms with Crippen LogP contribution in [0.5, 0.6) is 5.75 Å². The van der Waals surface area contributed by atoms with E-state index >= 15 is 0 Å². The van der Waals surface area contributed by atoms with Crippen molar-refractivity contribution in [2.45, 2.75) is 19.8 Å². The minimum Gasteiger partial charge on any atom is -0.493 e. The summed E-state index contributed by atoms with van der Waals surface area (Å²) in [6, 6.07) is 22.8. The van der Waals surface area contributed by atoms with E-state index in [2.05, 4.69) is 29.6 Å². The average molecular weight is 470 g/mol. The number of ether oxygens (including phenoxy) is 1. The number of hydrogen-bond acceptors (Lipinski definition) is 4. The molecule has 34 heavy (non-hydrogen) atoms. The van der Waals surface area contributed by atoms with Gasteiger partial charge < -0.3 is 9.84 Å². The number of aromatic nitrogens is 1. The van der Waals surface area contributed by atoms with Gasteiger partial charge in [-0.25, -0.2) is 0 Å². The Morgan fingerprint density at radius 1 is 0.941 bits per heavy atom. The molecule has 170 valence electrons. The van der Waals surface area contributed by atoms with Crippen LogP contribution in [0.1, 0.15) is 27.2 Å². The molecule has 0 fully saturated rings. The predicted molar refractivity (Wildman–Crippen MR) is 135 cm³/mol. The van der Waals surface area contributed by atoms with E-state index in [9.17, 15) is 14.7 Å². The minimum atomic E-state index is -0.896. The molecule has 0 radical (unpaired) electrons. The van der Waals surface area contributed by atoms with Crippen molar-refractivity contribution >= 4 is 44.2 Å². The van der Waals surface area contributed by atoms with Crippen molar-refractivity contribution in [2.24, 2.45) is 0 Å². The Morgan fingerprint density at radius 2 is 1.74 bits per heavy atom. The van der Waals surface area contributed by atoms with E-state index in [0.717, 1.165) is 17.5 Å². The number of benzene rings is 3. The van der Waals surface area contributed by atoms with Crippen molar-refractivity contribution in [1.82, 2.24) is 4.57 Å². The maximum atomic E-state index is 13.3. The van der Waals surface area contributed by atoms with E-state index in [-0.39, 0.29) is 12.3 Å². The molecule has 0 spiro atoms. The molecule has 0 atom stereocenters. The number of carbonyl (C=O) groups is 2. The molecule has 1 N–H and O–H groups in total. The SMILES string of the molecule is Cc1cc2c(CC(=O)O)cccc2n1C(=O)c1ccc(OCCc2csc3ccccc23)cc1. The molecule has 0 saturated heterocycles. The molecular formula is C28H23NO4S. The summed E-state index contributed by atoms with van der Waals surface area (Å²) in [4.78, 5) is 24.5. The van der Waals surface area contributed by atoms with Crippen molar-refractivity contribution in [3.05, 3.63) is 101 Å². The van der Waals surface area contributed by atoms with Crippen LogP contribution in [0.25, 0.3) is 21.0 Å². The molecule has 0 aliphatic rings. The van der Waals surface area contributed by atoms with Crippen LogP contribution in [-0.2, 0) is 17.6 Å². The van der Waals surface area contributed by atoms with Crippen LogP contribution in [0.3, 0.4) is 0 Å². The Kier molecular flexibility index (Phi) is 5.90. The third kappa shape index (κ3) is 4.20. The van der Waals surface area contributed by atoms with Gasteiger partial charge in [-0.2, -0.15) is 0 Å². The molecular weight excluding hydrogens is 446 g/mol. The Morgan fingerprint density at radius 3 is 2.53 bits per heavy atom. The van der Waals surface area contributed by atoms with Crippen LogP contribution in [0.15, 0.2) is 78.2 Å². The molecule has 0 unspecified atom stereocenters. The van der Waals surface area contributed by atoms with Crippen molar-refractivity contribution < 1.29 is 19.4 Å². The molecule has 0 aliphatic heterocycles. The van der Waals surface area contributed by atoms with Gasteiger partial charge in [0.25, 0.3) is 5.91 Å². The summed E-state index contributed by atoms with van der Waals surface area (Å²) in [6.07, 6.45) is 0.736. The number of hydrogen-bond donors (Lipinski definition) is 1. The number of thiophene rings is 1. The van der Waals surface area contributed by atoms with Crippen molar-refractivity contribution in [3.63, 3.8) is 0 Å². The molecule has 5 aromatic rings. The largest absolute Gasteiger partial charge is 0.493 e. The smallest absolute Gasteiger partial charge is 0.307 e. The van der Waals surface area contributed by atoms with Crippen LogP contribution in [0.2, 0.25) is 0 Å². The van der Waals surface area contributed by atoms with Crippen LogP contribution < -0.4 is 4.74 Å². The van der Waals surface area contributed by atoms with Gasteiger partial charge in [0.05, 0.1) is 18.5 Å². The molecule has 0 bridgehead atoms. The second kappa shape index (κ2) is 9.15. The fourth-order valence-electron chi connectivity index (χ4n) is 4.34. The number of fused-ring (bicyclic) bond motifs is 2. The number of aliphatic carboxylic acids is 1. The summed E-state index contributed by atoms with van der Waals surface area (Å²) in [5.74, 6) is -0.336. The molecule has 2 heterocycles. The molecule has 5 nitrogen and oxygen atoms in total. The van der Waals surface area contributed by atoms with Gasteiger partial charge in [-0.15, -0.1) is 11.3 Å². The third-order valence-electron chi connectivity index (χ3n) is 5.97. The first-order valence-electron chi connectivity index (χ1n) is 11.1. The maximum Gasteiger partial charge on any atom is 0.307 e. The third-order valence-corrected chi connectivity index (χ3v) is 6.98. The van der Waals surface area contributed by atoms with Crippen molar-refractivity contribution in [2.75, 3.05) is 6.61 Å². The van der Waals surface area contributed by atoms with Gasteiger partial charge in [0.1, 0.15) is 5.75 Å². The molecule has 3 aromatic carbocycles. The highest BCUT2D eigenvalue weighted by Crippen LogP contribution is 2.27. The molecule has 0 aliphatic carbocycles. The number of aryl methyl sites for hydroxylation is 1. The second-order valence-electron chi connectivity index (χ2n) is 8.23. The molecule has 5 rings (SSSR count). The van der Waals surface area contributed by atoms with Crippen LogP contribution in [0, 0.1) is 6.92 Å². The average Bonchev–Trinajstić information content (AvgIpc) is 3.40. The summed E-state index contributed by atoms with van der Waals surface area (Å²) in [5, 5.41) is 13.4. The van der Waals surface area contributed by atoms with Crippen LogP contribution >= 0.6 is 11.3 Å². The first-order chi connectivity index (χ1) is 16.5. The van der Waals surface area contributed by atoms with E-state index < -0.39 is 5.97 Å². The van der Waals surface area contributed by atoms with Gasteiger partial charge in [0.2, 0.25) is 0 Å². The van der Waals surface area contributed by atoms with Crippen LogP contribution in [-0.4, -0.2) is 28.2 Å². The van der Waals surface area contributed by atoms with Gasteiger partial charge in [-0.3, -0.25) is 14.2 Å². The first kappa shape index (κ1) is 21.9. The molecule has 0 saturated carbocycles. The zero-order valence-corrected chi connectivity index (χ0v) is 19.5. The summed E-state index contributed by atoms with van der Waals surface area (Å²) >= 11 is 1.74. The number of carboxylic acid groups (broad SMARTS) is 1. The molecule has 2 aromatic heterocycles. The van der Waals surface area contributed by atoms with Crippen molar-refractivity contribution in [1.29, 1.82) is 0 Å². The lowest BCUT2D eigenvalue weighted by molar-refractivity contribution is -0.136. The first-order valence-corrected chi connectivity index (χ1v) is 11.9. The van der Waals surface area contributed by atoms with E-state index in [0.29, 0.717) is 29.0 Å². The van der Waals surface area contributed by atoms with Crippen LogP contribution in [0.4, 0.5) is 0 Å². The number of carboxylic acids is 1. The Bertz CT molecular complexity index is 1510. The number of carbonyl (C=O) groups excluding carboxylic acids is 1. The summed E-state index contributed by atoms with van der Waals surface area (Å²) in [5.41, 5.74) is 4.00. The zero-order chi connectivity index (χ0) is 23.7. The summed E-state index contributed by atoms with van der Waals surface area (Å²) < 4.78 is 8.85. The standard InChI is InChI=1S/C28H23NO4S/c1-18-15-24-20(16-27(30)31)5-4-7-25(24)29(18)28(32)19-9-11-22(12-10-19)33-14-13-21-17-34-26-8-3-2-6-23(21)26/h2-12,15,17H,13-14,16H2,1H3,(H,30,31). The topological polar surface area (TPSA) is 68.5 Å². The monoisotopic (exact) mass is 469 g/mol. The lowest BCUT2D eigenvalue weighted by Crippen LogP contribution is -2.13. The summed E-state index contributed by atoms with van der Waals surface area (Å²) in [7, 11) is 0. The van der Waals surface area contributed by atoms with E-state index in [1.54, 1.807) is 40.2 Å².